The normalized spacial score (nSPS) is 17.7. The SMILES string of the molecule is COCCN1CCN(Cc2c(OC)cc(C)c3[nH]ccc23)C(c2ccc(C(=O)O)cc2)C1. The van der Waals surface area contributed by atoms with Crippen LogP contribution in [0.4, 0.5) is 0 Å². The third kappa shape index (κ3) is 4.50. The van der Waals surface area contributed by atoms with Gasteiger partial charge in [-0.3, -0.25) is 9.80 Å². The average molecular weight is 438 g/mol. The summed E-state index contributed by atoms with van der Waals surface area (Å²) in [6.45, 7) is 7.13. The second kappa shape index (κ2) is 9.73. The van der Waals surface area contributed by atoms with Gasteiger partial charge in [0.05, 0.1) is 19.3 Å². The minimum absolute atomic E-state index is 0.142. The van der Waals surface area contributed by atoms with Gasteiger partial charge in [0.1, 0.15) is 5.75 Å². The van der Waals surface area contributed by atoms with Crippen LogP contribution in [0.3, 0.4) is 0 Å². The van der Waals surface area contributed by atoms with Crippen molar-refractivity contribution in [3.8, 4) is 5.75 Å². The molecule has 0 bridgehead atoms. The number of rotatable bonds is 8. The van der Waals surface area contributed by atoms with Crippen molar-refractivity contribution in [2.45, 2.75) is 19.5 Å². The van der Waals surface area contributed by atoms with Crippen molar-refractivity contribution in [1.82, 2.24) is 14.8 Å². The summed E-state index contributed by atoms with van der Waals surface area (Å²) in [6, 6.07) is 11.6. The first-order chi connectivity index (χ1) is 15.5. The number of carbonyl (C=O) groups is 1. The average Bonchev–Trinajstić information content (AvgIpc) is 3.30. The maximum atomic E-state index is 11.3. The fourth-order valence-electron chi connectivity index (χ4n) is 4.64. The number of benzene rings is 2. The van der Waals surface area contributed by atoms with Gasteiger partial charge >= 0.3 is 5.97 Å². The monoisotopic (exact) mass is 437 g/mol. The Morgan fingerprint density at radius 2 is 1.97 bits per heavy atom. The van der Waals surface area contributed by atoms with Crippen LogP contribution in [0.1, 0.15) is 33.1 Å². The van der Waals surface area contributed by atoms with Crippen molar-refractivity contribution in [3.63, 3.8) is 0 Å². The van der Waals surface area contributed by atoms with Crippen molar-refractivity contribution in [1.29, 1.82) is 0 Å². The fraction of sp³-hybridized carbons (Fsp3) is 0.400. The van der Waals surface area contributed by atoms with Crippen LogP contribution >= 0.6 is 0 Å². The van der Waals surface area contributed by atoms with Crippen molar-refractivity contribution < 1.29 is 19.4 Å². The van der Waals surface area contributed by atoms with Gasteiger partial charge in [-0.1, -0.05) is 12.1 Å². The first kappa shape index (κ1) is 22.3. The number of carboxylic acids is 1. The Morgan fingerprint density at radius 1 is 1.19 bits per heavy atom. The van der Waals surface area contributed by atoms with Crippen LogP contribution in [0.15, 0.2) is 42.6 Å². The zero-order chi connectivity index (χ0) is 22.7. The number of nitrogens with zero attached hydrogens (tertiary/aromatic N) is 2. The number of aromatic nitrogens is 1. The molecule has 1 fully saturated rings. The van der Waals surface area contributed by atoms with Gasteiger partial charge in [-0.15, -0.1) is 0 Å². The lowest BCUT2D eigenvalue weighted by Gasteiger charge is -2.42. The molecular formula is C25H31N3O4. The highest BCUT2D eigenvalue weighted by Crippen LogP contribution is 2.35. The zero-order valence-electron chi connectivity index (χ0n) is 18.9. The van der Waals surface area contributed by atoms with E-state index in [0.29, 0.717) is 12.2 Å². The molecule has 4 rings (SSSR count). The first-order valence-corrected chi connectivity index (χ1v) is 10.9. The molecular weight excluding hydrogens is 406 g/mol. The van der Waals surface area contributed by atoms with Crippen LogP contribution in [-0.2, 0) is 11.3 Å². The third-order valence-corrected chi connectivity index (χ3v) is 6.42. The quantitative estimate of drug-likeness (QED) is 0.560. The largest absolute Gasteiger partial charge is 0.496 e. The molecule has 2 N–H and O–H groups in total. The van der Waals surface area contributed by atoms with Gasteiger partial charge in [-0.2, -0.15) is 0 Å². The molecule has 1 aliphatic heterocycles. The molecule has 0 aliphatic carbocycles. The Hall–Kier alpha value is -2.87. The smallest absolute Gasteiger partial charge is 0.335 e. The van der Waals surface area contributed by atoms with E-state index in [0.717, 1.165) is 55.1 Å². The van der Waals surface area contributed by atoms with Gasteiger partial charge in [0.25, 0.3) is 0 Å². The lowest BCUT2D eigenvalue weighted by molar-refractivity contribution is 0.0506. The van der Waals surface area contributed by atoms with Gasteiger partial charge in [0.2, 0.25) is 0 Å². The molecule has 1 aromatic heterocycles. The second-order valence-electron chi connectivity index (χ2n) is 8.35. The highest BCUT2D eigenvalue weighted by atomic mass is 16.5. The highest BCUT2D eigenvalue weighted by Gasteiger charge is 2.29. The topological polar surface area (TPSA) is 78.0 Å². The molecule has 1 atom stereocenters. The first-order valence-electron chi connectivity index (χ1n) is 10.9. The van der Waals surface area contributed by atoms with Crippen molar-refractivity contribution >= 4 is 16.9 Å². The number of aryl methyl sites for hydroxylation is 1. The number of methoxy groups -OCH3 is 2. The number of hydrogen-bond donors (Lipinski definition) is 2. The van der Waals surface area contributed by atoms with E-state index in [9.17, 15) is 9.90 Å². The molecule has 0 saturated carbocycles. The number of carboxylic acid groups (broad SMARTS) is 1. The standard InChI is InChI=1S/C25H31N3O4/c1-17-14-23(32-3)21(20-8-9-26-24(17)20)15-28-11-10-27(12-13-31-2)16-22(28)18-4-6-19(7-5-18)25(29)30/h4-9,14,22,26H,10-13,15-16H2,1-3H3,(H,29,30). The van der Waals surface area contributed by atoms with E-state index in [2.05, 4.69) is 33.8 Å². The number of piperazine rings is 1. The summed E-state index contributed by atoms with van der Waals surface area (Å²) in [4.78, 5) is 19.5. The molecule has 2 heterocycles. The summed E-state index contributed by atoms with van der Waals surface area (Å²) in [5, 5.41) is 10.5. The minimum atomic E-state index is -0.905. The van der Waals surface area contributed by atoms with Crippen molar-refractivity contribution in [2.24, 2.45) is 0 Å². The Labute approximate surface area is 188 Å². The summed E-state index contributed by atoms with van der Waals surface area (Å²) >= 11 is 0. The Balaban J connectivity index is 1.67. The third-order valence-electron chi connectivity index (χ3n) is 6.42. The van der Waals surface area contributed by atoms with Crippen LogP contribution in [0, 0.1) is 6.92 Å². The summed E-state index contributed by atoms with van der Waals surface area (Å²) in [6.07, 6.45) is 1.98. The molecule has 1 unspecified atom stereocenters. The molecule has 32 heavy (non-hydrogen) atoms. The molecule has 0 radical (unpaired) electrons. The molecule has 0 spiro atoms. The highest BCUT2D eigenvalue weighted by molar-refractivity contribution is 5.88. The minimum Gasteiger partial charge on any atom is -0.496 e. The van der Waals surface area contributed by atoms with Crippen molar-refractivity contribution in [3.05, 3.63) is 64.8 Å². The molecule has 7 nitrogen and oxygen atoms in total. The number of H-pyrrole nitrogens is 1. The predicted octanol–water partition coefficient (Wildman–Crippen LogP) is 3.69. The lowest BCUT2D eigenvalue weighted by atomic mass is 9.98. The predicted molar refractivity (Wildman–Crippen MR) is 124 cm³/mol. The molecule has 0 amide bonds. The van der Waals surface area contributed by atoms with E-state index in [4.69, 9.17) is 9.47 Å². The molecule has 1 aliphatic rings. The van der Waals surface area contributed by atoms with Gasteiger partial charge in [0.15, 0.2) is 0 Å². The Kier molecular flexibility index (Phi) is 6.79. The van der Waals surface area contributed by atoms with E-state index in [1.54, 1.807) is 26.4 Å². The Bertz CT molecular complexity index is 1080. The van der Waals surface area contributed by atoms with E-state index in [1.165, 1.54) is 10.9 Å². The zero-order valence-corrected chi connectivity index (χ0v) is 18.9. The van der Waals surface area contributed by atoms with E-state index < -0.39 is 5.97 Å². The van der Waals surface area contributed by atoms with Gasteiger partial charge < -0.3 is 19.6 Å². The van der Waals surface area contributed by atoms with Crippen LogP contribution in [-0.4, -0.2) is 72.9 Å². The lowest BCUT2D eigenvalue weighted by Crippen LogP contribution is -2.48. The van der Waals surface area contributed by atoms with E-state index >= 15 is 0 Å². The number of aromatic carboxylic acids is 1. The summed E-state index contributed by atoms with van der Waals surface area (Å²) in [7, 11) is 3.45. The van der Waals surface area contributed by atoms with E-state index in [-0.39, 0.29) is 6.04 Å². The summed E-state index contributed by atoms with van der Waals surface area (Å²) in [5.41, 5.74) is 4.90. The van der Waals surface area contributed by atoms with Crippen LogP contribution in [0.2, 0.25) is 0 Å². The van der Waals surface area contributed by atoms with Gasteiger partial charge in [-0.05, 0) is 42.3 Å². The number of nitrogens with one attached hydrogen (secondary N) is 1. The van der Waals surface area contributed by atoms with Crippen LogP contribution < -0.4 is 4.74 Å². The summed E-state index contributed by atoms with van der Waals surface area (Å²) < 4.78 is 11.1. The number of ether oxygens (including phenoxy) is 2. The second-order valence-corrected chi connectivity index (χ2v) is 8.35. The van der Waals surface area contributed by atoms with E-state index in [1.807, 2.05) is 18.3 Å². The maximum Gasteiger partial charge on any atom is 0.335 e. The number of hydrogen-bond acceptors (Lipinski definition) is 5. The summed E-state index contributed by atoms with van der Waals surface area (Å²) in [5.74, 6) is -0.00518. The fourth-order valence-corrected chi connectivity index (χ4v) is 4.64. The molecule has 170 valence electrons. The molecule has 1 saturated heterocycles. The number of aromatic amines is 1. The molecule has 7 heteroatoms. The van der Waals surface area contributed by atoms with Gasteiger partial charge in [-0.25, -0.2) is 4.79 Å². The van der Waals surface area contributed by atoms with Crippen molar-refractivity contribution in [2.75, 3.05) is 47.0 Å². The Morgan fingerprint density at radius 3 is 2.66 bits per heavy atom. The van der Waals surface area contributed by atoms with Crippen LogP contribution in [0.5, 0.6) is 5.75 Å². The number of fused-ring (bicyclic) bond motifs is 1. The van der Waals surface area contributed by atoms with Gasteiger partial charge in [0, 0.05) is 68.5 Å². The molecule has 3 aromatic rings. The maximum absolute atomic E-state index is 11.3. The van der Waals surface area contributed by atoms with Crippen LogP contribution in [0.25, 0.3) is 10.9 Å². The molecule has 2 aromatic carbocycles.